The molecule has 3 rings (SSSR count). The number of aromatic nitrogens is 1. The summed E-state index contributed by atoms with van der Waals surface area (Å²) in [5.74, 6) is 0.733. The van der Waals surface area contributed by atoms with Crippen molar-refractivity contribution in [2.24, 2.45) is 0 Å². The predicted molar refractivity (Wildman–Crippen MR) is 101 cm³/mol. The highest BCUT2D eigenvalue weighted by molar-refractivity contribution is 7.89. The summed E-state index contributed by atoms with van der Waals surface area (Å²) in [4.78, 5) is 17.9. The summed E-state index contributed by atoms with van der Waals surface area (Å²) in [5, 5.41) is 0. The average molecular weight is 389 g/mol. The fourth-order valence-electron chi connectivity index (χ4n) is 3.14. The molecule has 2 heterocycles. The summed E-state index contributed by atoms with van der Waals surface area (Å²) in [7, 11) is -1.91. The third-order valence-electron chi connectivity index (χ3n) is 4.68. The molecule has 0 N–H and O–H groups in total. The zero-order valence-electron chi connectivity index (χ0n) is 15.5. The molecule has 1 aromatic heterocycles. The Labute approximate surface area is 159 Å². The largest absolute Gasteiger partial charge is 0.496 e. The minimum absolute atomic E-state index is 0.00582. The summed E-state index contributed by atoms with van der Waals surface area (Å²) in [6, 6.07) is 8.59. The number of carbonyl (C=O) groups is 1. The van der Waals surface area contributed by atoms with Gasteiger partial charge in [0.05, 0.1) is 7.11 Å². The normalized spacial score (nSPS) is 16.2. The van der Waals surface area contributed by atoms with E-state index in [1.165, 1.54) is 17.4 Å². The fourth-order valence-corrected chi connectivity index (χ4v) is 4.53. The number of nitrogens with zero attached hydrogens (tertiary/aromatic N) is 3. The zero-order chi connectivity index (χ0) is 19.4. The van der Waals surface area contributed by atoms with Crippen LogP contribution in [-0.2, 0) is 16.6 Å². The van der Waals surface area contributed by atoms with Crippen molar-refractivity contribution in [1.82, 2.24) is 14.2 Å². The van der Waals surface area contributed by atoms with Gasteiger partial charge in [-0.05, 0) is 37.3 Å². The molecule has 8 heteroatoms. The molecule has 1 aliphatic rings. The number of Topliss-reactive ketones (excluding diaryl/α,β-unsaturated/α-hetero) is 1. The van der Waals surface area contributed by atoms with E-state index in [9.17, 15) is 13.2 Å². The molecule has 1 aromatic carbocycles. The highest BCUT2D eigenvalue weighted by atomic mass is 32.2. The molecule has 1 aliphatic heterocycles. The number of carbonyl (C=O) groups excluding carboxylic acids is 1. The molecule has 27 heavy (non-hydrogen) atoms. The highest BCUT2D eigenvalue weighted by Crippen LogP contribution is 2.23. The highest BCUT2D eigenvalue weighted by Gasteiger charge is 2.28. The van der Waals surface area contributed by atoms with Crippen molar-refractivity contribution in [3.8, 4) is 5.75 Å². The molecule has 0 atom stereocenters. The van der Waals surface area contributed by atoms with E-state index in [-0.39, 0.29) is 10.7 Å². The van der Waals surface area contributed by atoms with E-state index in [1.807, 2.05) is 6.07 Å². The van der Waals surface area contributed by atoms with Gasteiger partial charge in [0.1, 0.15) is 10.6 Å². The van der Waals surface area contributed by atoms with Gasteiger partial charge < -0.3 is 4.74 Å². The predicted octanol–water partition coefficient (Wildman–Crippen LogP) is 1.80. The third-order valence-corrected chi connectivity index (χ3v) is 6.57. The molecular formula is C19H23N3O4S. The van der Waals surface area contributed by atoms with Crippen LogP contribution in [0.2, 0.25) is 0 Å². The lowest BCUT2D eigenvalue weighted by Crippen LogP contribution is -2.48. The lowest BCUT2D eigenvalue weighted by Gasteiger charge is -2.34. The number of pyridine rings is 1. The molecule has 1 fully saturated rings. The van der Waals surface area contributed by atoms with E-state index in [2.05, 4.69) is 9.88 Å². The van der Waals surface area contributed by atoms with Crippen molar-refractivity contribution in [3.05, 3.63) is 53.9 Å². The maximum atomic E-state index is 12.7. The molecule has 2 aromatic rings. The molecule has 0 radical (unpaired) electrons. The van der Waals surface area contributed by atoms with Crippen LogP contribution in [-0.4, -0.2) is 61.7 Å². The zero-order valence-corrected chi connectivity index (χ0v) is 16.3. The van der Waals surface area contributed by atoms with E-state index in [4.69, 9.17) is 4.74 Å². The standard InChI is InChI=1S/C19H23N3O4S/c1-15(23)16-5-6-19(26-2)17(12-16)14-21-8-10-22(11-9-21)27(24,25)18-4-3-7-20-13-18/h3-7,12-13H,8-11,14H2,1-2H3. The molecule has 0 aliphatic carbocycles. The Balaban J connectivity index is 1.68. The van der Waals surface area contributed by atoms with Crippen molar-refractivity contribution in [1.29, 1.82) is 0 Å². The van der Waals surface area contributed by atoms with Gasteiger partial charge in [-0.3, -0.25) is 14.7 Å². The van der Waals surface area contributed by atoms with Crippen molar-refractivity contribution in [2.75, 3.05) is 33.3 Å². The van der Waals surface area contributed by atoms with Crippen LogP contribution in [0.5, 0.6) is 5.75 Å². The summed E-state index contributed by atoms with van der Waals surface area (Å²) in [6.07, 6.45) is 2.93. The van der Waals surface area contributed by atoms with Crippen LogP contribution in [0, 0.1) is 0 Å². The summed E-state index contributed by atoms with van der Waals surface area (Å²) >= 11 is 0. The first kappa shape index (κ1) is 19.5. The lowest BCUT2D eigenvalue weighted by molar-refractivity contribution is 0.101. The third kappa shape index (κ3) is 4.35. The van der Waals surface area contributed by atoms with Gasteiger partial charge in [-0.15, -0.1) is 0 Å². The second kappa shape index (κ2) is 8.16. The number of benzene rings is 1. The van der Waals surface area contributed by atoms with E-state index in [1.54, 1.807) is 37.6 Å². The summed E-state index contributed by atoms with van der Waals surface area (Å²) < 4.78 is 32.3. The van der Waals surface area contributed by atoms with E-state index < -0.39 is 10.0 Å². The van der Waals surface area contributed by atoms with Gasteiger partial charge in [-0.1, -0.05) is 0 Å². The van der Waals surface area contributed by atoms with Crippen molar-refractivity contribution < 1.29 is 17.9 Å². The van der Waals surface area contributed by atoms with Gasteiger partial charge in [0.25, 0.3) is 0 Å². The van der Waals surface area contributed by atoms with Crippen LogP contribution in [0.4, 0.5) is 0 Å². The van der Waals surface area contributed by atoms with Crippen LogP contribution in [0.25, 0.3) is 0 Å². The topological polar surface area (TPSA) is 79.8 Å². The van der Waals surface area contributed by atoms with Crippen molar-refractivity contribution in [2.45, 2.75) is 18.4 Å². The van der Waals surface area contributed by atoms with Gasteiger partial charge in [0.15, 0.2) is 5.78 Å². The Morgan fingerprint density at radius 1 is 1.19 bits per heavy atom. The smallest absolute Gasteiger partial charge is 0.244 e. The first-order valence-corrected chi connectivity index (χ1v) is 10.2. The SMILES string of the molecule is COc1ccc(C(C)=O)cc1CN1CCN(S(=O)(=O)c2cccnc2)CC1. The van der Waals surface area contributed by atoms with Gasteiger partial charge >= 0.3 is 0 Å². The Morgan fingerprint density at radius 3 is 2.52 bits per heavy atom. The number of ketones is 1. The first-order chi connectivity index (χ1) is 12.9. The minimum Gasteiger partial charge on any atom is -0.496 e. The average Bonchev–Trinajstić information content (AvgIpc) is 2.69. The number of ether oxygens (including phenoxy) is 1. The molecule has 0 amide bonds. The van der Waals surface area contributed by atoms with Gasteiger partial charge in [-0.25, -0.2) is 8.42 Å². The molecular weight excluding hydrogens is 366 g/mol. The number of hydrogen-bond donors (Lipinski definition) is 0. The maximum Gasteiger partial charge on any atom is 0.244 e. The number of sulfonamides is 1. The van der Waals surface area contributed by atoms with E-state index in [0.29, 0.717) is 38.3 Å². The van der Waals surface area contributed by atoms with Gasteiger partial charge in [0.2, 0.25) is 10.0 Å². The number of piperazine rings is 1. The second-order valence-corrected chi connectivity index (χ2v) is 8.39. The van der Waals surface area contributed by atoms with Crippen LogP contribution in [0.15, 0.2) is 47.6 Å². The minimum atomic E-state index is -3.51. The Kier molecular flexibility index (Phi) is 5.88. The monoisotopic (exact) mass is 389 g/mol. The summed E-state index contributed by atoms with van der Waals surface area (Å²) in [5.41, 5.74) is 1.57. The van der Waals surface area contributed by atoms with Crippen molar-refractivity contribution >= 4 is 15.8 Å². The van der Waals surface area contributed by atoms with Crippen LogP contribution < -0.4 is 4.74 Å². The number of hydrogen-bond acceptors (Lipinski definition) is 6. The van der Waals surface area contributed by atoms with Crippen molar-refractivity contribution in [3.63, 3.8) is 0 Å². The second-order valence-electron chi connectivity index (χ2n) is 6.45. The first-order valence-electron chi connectivity index (χ1n) is 8.72. The van der Waals surface area contributed by atoms with E-state index in [0.717, 1.165) is 11.3 Å². The molecule has 1 saturated heterocycles. The Morgan fingerprint density at radius 2 is 1.93 bits per heavy atom. The molecule has 0 spiro atoms. The van der Waals surface area contributed by atoms with Crippen LogP contribution >= 0.6 is 0 Å². The fraction of sp³-hybridized carbons (Fsp3) is 0.368. The summed E-state index contributed by atoms with van der Waals surface area (Å²) in [6.45, 7) is 4.16. The number of rotatable bonds is 6. The molecule has 0 unspecified atom stereocenters. The van der Waals surface area contributed by atoms with Crippen LogP contribution in [0.3, 0.4) is 0 Å². The molecule has 7 nitrogen and oxygen atoms in total. The van der Waals surface area contributed by atoms with Gasteiger partial charge in [0, 0.05) is 56.2 Å². The van der Waals surface area contributed by atoms with E-state index >= 15 is 0 Å². The van der Waals surface area contributed by atoms with Crippen LogP contribution in [0.1, 0.15) is 22.8 Å². The molecule has 0 saturated carbocycles. The quantitative estimate of drug-likeness (QED) is 0.701. The Bertz CT molecular complexity index is 908. The molecule has 0 bridgehead atoms. The number of methoxy groups -OCH3 is 1. The van der Waals surface area contributed by atoms with Gasteiger partial charge in [-0.2, -0.15) is 4.31 Å². The molecule has 144 valence electrons. The Hall–Kier alpha value is -2.29. The maximum absolute atomic E-state index is 12.7. The lowest BCUT2D eigenvalue weighted by atomic mass is 10.1.